The van der Waals surface area contributed by atoms with E-state index in [1.165, 1.54) is 115 Å². The van der Waals surface area contributed by atoms with E-state index in [0.29, 0.717) is 0 Å². The van der Waals surface area contributed by atoms with Gasteiger partial charge in [0.25, 0.3) is 0 Å². The van der Waals surface area contributed by atoms with Crippen molar-refractivity contribution in [3.63, 3.8) is 0 Å². The zero-order chi connectivity index (χ0) is 22.2. The van der Waals surface area contributed by atoms with Gasteiger partial charge in [-0.2, -0.15) is 0 Å². The molecule has 0 unspecified atom stereocenters. The molecule has 0 aromatic heterocycles. The van der Waals surface area contributed by atoms with Gasteiger partial charge in [0.2, 0.25) is 0 Å². The van der Waals surface area contributed by atoms with Crippen molar-refractivity contribution in [3.05, 3.63) is 82.9 Å². The van der Waals surface area contributed by atoms with Crippen molar-refractivity contribution >= 4 is 0 Å². The SMILES string of the molecule is CCCCCCCCc1ccc(-c2ccc3c(c2)Cc2cc(CCCCC)ccc2-3)cc1. The fourth-order valence-corrected chi connectivity index (χ4v) is 5.15. The molecular weight excluding hydrogens is 384 g/mol. The highest BCUT2D eigenvalue weighted by atomic mass is 14.2. The predicted molar refractivity (Wildman–Crippen MR) is 140 cm³/mol. The summed E-state index contributed by atoms with van der Waals surface area (Å²) in [5.74, 6) is 0. The molecule has 0 atom stereocenters. The molecule has 1 aliphatic carbocycles. The smallest absolute Gasteiger partial charge is 0.00131 e. The van der Waals surface area contributed by atoms with E-state index in [2.05, 4.69) is 74.5 Å². The Morgan fingerprint density at radius 1 is 0.500 bits per heavy atom. The van der Waals surface area contributed by atoms with Gasteiger partial charge in [0.05, 0.1) is 0 Å². The molecule has 168 valence electrons. The second kappa shape index (κ2) is 11.5. The maximum Gasteiger partial charge on any atom is -0.00131 e. The van der Waals surface area contributed by atoms with Crippen molar-refractivity contribution in [1.29, 1.82) is 0 Å². The van der Waals surface area contributed by atoms with Crippen LogP contribution in [0, 0.1) is 0 Å². The highest BCUT2D eigenvalue weighted by Gasteiger charge is 2.19. The Labute approximate surface area is 196 Å². The first-order valence-corrected chi connectivity index (χ1v) is 13.1. The molecule has 0 spiro atoms. The molecule has 0 amide bonds. The Kier molecular flexibility index (Phi) is 8.21. The number of benzene rings is 3. The van der Waals surface area contributed by atoms with Gasteiger partial charge in [-0.05, 0) is 76.6 Å². The van der Waals surface area contributed by atoms with Crippen molar-refractivity contribution in [2.75, 3.05) is 0 Å². The topological polar surface area (TPSA) is 0 Å². The fraction of sp³-hybridized carbons (Fsp3) is 0.438. The summed E-state index contributed by atoms with van der Waals surface area (Å²) in [5, 5.41) is 0. The third kappa shape index (κ3) is 5.71. The summed E-state index contributed by atoms with van der Waals surface area (Å²) in [7, 11) is 0. The van der Waals surface area contributed by atoms with E-state index in [9.17, 15) is 0 Å². The van der Waals surface area contributed by atoms with E-state index in [0.717, 1.165) is 6.42 Å². The number of fused-ring (bicyclic) bond motifs is 3. The van der Waals surface area contributed by atoms with E-state index < -0.39 is 0 Å². The molecule has 0 heteroatoms. The highest BCUT2D eigenvalue weighted by molar-refractivity contribution is 5.80. The lowest BCUT2D eigenvalue weighted by Gasteiger charge is -2.08. The molecule has 0 radical (unpaired) electrons. The molecular formula is C32H40. The van der Waals surface area contributed by atoms with Gasteiger partial charge in [0.15, 0.2) is 0 Å². The number of hydrogen-bond acceptors (Lipinski definition) is 0. The van der Waals surface area contributed by atoms with E-state index in [-0.39, 0.29) is 0 Å². The summed E-state index contributed by atoms with van der Waals surface area (Å²) in [6, 6.07) is 23.6. The third-order valence-corrected chi connectivity index (χ3v) is 7.12. The lowest BCUT2D eigenvalue weighted by Crippen LogP contribution is -1.88. The van der Waals surface area contributed by atoms with Crippen molar-refractivity contribution in [2.45, 2.75) is 90.9 Å². The molecule has 32 heavy (non-hydrogen) atoms. The van der Waals surface area contributed by atoms with Crippen LogP contribution in [0.3, 0.4) is 0 Å². The maximum atomic E-state index is 2.46. The number of rotatable bonds is 12. The fourth-order valence-electron chi connectivity index (χ4n) is 5.15. The first-order valence-electron chi connectivity index (χ1n) is 13.1. The molecule has 0 saturated heterocycles. The minimum Gasteiger partial charge on any atom is -0.0654 e. The highest BCUT2D eigenvalue weighted by Crippen LogP contribution is 2.39. The van der Waals surface area contributed by atoms with Gasteiger partial charge >= 0.3 is 0 Å². The molecule has 1 aliphatic rings. The van der Waals surface area contributed by atoms with E-state index >= 15 is 0 Å². The van der Waals surface area contributed by atoms with Gasteiger partial charge in [-0.3, -0.25) is 0 Å². The first-order chi connectivity index (χ1) is 15.8. The first kappa shape index (κ1) is 22.8. The molecule has 3 aromatic carbocycles. The molecule has 0 saturated carbocycles. The lowest BCUT2D eigenvalue weighted by atomic mass is 9.97. The van der Waals surface area contributed by atoms with Gasteiger partial charge in [0, 0.05) is 0 Å². The summed E-state index contributed by atoms with van der Waals surface area (Å²) in [6.45, 7) is 4.56. The molecule has 0 nitrogen and oxygen atoms in total. The van der Waals surface area contributed by atoms with Crippen LogP contribution in [0.25, 0.3) is 22.3 Å². The summed E-state index contributed by atoms with van der Waals surface area (Å²) < 4.78 is 0. The van der Waals surface area contributed by atoms with Crippen LogP contribution >= 0.6 is 0 Å². The number of unbranched alkanes of at least 4 members (excludes halogenated alkanes) is 7. The normalized spacial score (nSPS) is 12.1. The minimum atomic E-state index is 1.08. The Morgan fingerprint density at radius 3 is 1.81 bits per heavy atom. The Bertz CT molecular complexity index is 993. The monoisotopic (exact) mass is 424 g/mol. The summed E-state index contributed by atoms with van der Waals surface area (Å²) in [6.07, 6.45) is 15.6. The van der Waals surface area contributed by atoms with Crippen molar-refractivity contribution in [2.24, 2.45) is 0 Å². The van der Waals surface area contributed by atoms with E-state index in [1.807, 2.05) is 0 Å². The van der Waals surface area contributed by atoms with Crippen molar-refractivity contribution < 1.29 is 0 Å². The molecule has 4 rings (SSSR count). The summed E-state index contributed by atoms with van der Waals surface area (Å²) >= 11 is 0. The van der Waals surface area contributed by atoms with Crippen molar-refractivity contribution in [3.8, 4) is 22.3 Å². The molecule has 0 fully saturated rings. The van der Waals surface area contributed by atoms with Crippen LogP contribution in [0.1, 0.15) is 93.9 Å². The van der Waals surface area contributed by atoms with Crippen LogP contribution in [-0.4, -0.2) is 0 Å². The molecule has 0 aliphatic heterocycles. The van der Waals surface area contributed by atoms with Crippen LogP contribution < -0.4 is 0 Å². The standard InChI is InChI=1S/C32H40/c1-3-5-7-8-9-11-12-25-14-17-27(18-15-25)28-19-21-32-30(23-28)24-29-22-26(13-10-6-4-2)16-20-31(29)32/h14-23H,3-13,24H2,1-2H3. The third-order valence-electron chi connectivity index (χ3n) is 7.12. The van der Waals surface area contributed by atoms with Gasteiger partial charge in [-0.25, -0.2) is 0 Å². The number of aryl methyl sites for hydroxylation is 2. The average Bonchev–Trinajstić information content (AvgIpc) is 3.19. The molecule has 0 bridgehead atoms. The van der Waals surface area contributed by atoms with Gasteiger partial charge in [-0.1, -0.05) is 119 Å². The molecule has 0 heterocycles. The molecule has 3 aromatic rings. The largest absolute Gasteiger partial charge is 0.0654 e. The van der Waals surface area contributed by atoms with Crippen LogP contribution in [0.5, 0.6) is 0 Å². The molecule has 0 N–H and O–H groups in total. The Hall–Kier alpha value is -2.34. The zero-order valence-corrected chi connectivity index (χ0v) is 20.3. The zero-order valence-electron chi connectivity index (χ0n) is 20.3. The average molecular weight is 425 g/mol. The Balaban J connectivity index is 1.37. The summed E-state index contributed by atoms with van der Waals surface area (Å²) in [4.78, 5) is 0. The Morgan fingerprint density at radius 2 is 1.03 bits per heavy atom. The van der Waals surface area contributed by atoms with E-state index in [4.69, 9.17) is 0 Å². The minimum absolute atomic E-state index is 1.08. The van der Waals surface area contributed by atoms with Gasteiger partial charge < -0.3 is 0 Å². The maximum absolute atomic E-state index is 2.46. The van der Waals surface area contributed by atoms with E-state index in [1.54, 1.807) is 0 Å². The van der Waals surface area contributed by atoms with Gasteiger partial charge in [-0.15, -0.1) is 0 Å². The van der Waals surface area contributed by atoms with Crippen molar-refractivity contribution in [1.82, 2.24) is 0 Å². The van der Waals surface area contributed by atoms with Crippen LogP contribution in [-0.2, 0) is 19.3 Å². The summed E-state index contributed by atoms with van der Waals surface area (Å²) in [5.41, 5.74) is 11.6. The predicted octanol–water partition coefficient (Wildman–Crippen LogP) is 9.56. The second-order valence-electron chi connectivity index (χ2n) is 9.71. The van der Waals surface area contributed by atoms with Crippen LogP contribution in [0.15, 0.2) is 60.7 Å². The van der Waals surface area contributed by atoms with Crippen LogP contribution in [0.2, 0.25) is 0 Å². The quantitative estimate of drug-likeness (QED) is 0.199. The lowest BCUT2D eigenvalue weighted by molar-refractivity contribution is 0.607. The number of hydrogen-bond donors (Lipinski definition) is 0. The second-order valence-corrected chi connectivity index (χ2v) is 9.71. The van der Waals surface area contributed by atoms with Crippen LogP contribution in [0.4, 0.5) is 0 Å². The van der Waals surface area contributed by atoms with Gasteiger partial charge in [0.1, 0.15) is 0 Å².